The quantitative estimate of drug-likeness (QED) is 0.573. The number of ether oxygens (including phenoxy) is 3. The molecule has 4 rings (SSSR count). The van der Waals surface area contributed by atoms with E-state index in [9.17, 15) is 4.39 Å². The van der Waals surface area contributed by atoms with E-state index in [0.717, 1.165) is 37.6 Å². The fourth-order valence-corrected chi connectivity index (χ4v) is 3.69. The summed E-state index contributed by atoms with van der Waals surface area (Å²) in [5, 5.41) is 8.74. The zero-order valence-corrected chi connectivity index (χ0v) is 17.9. The van der Waals surface area contributed by atoms with Crippen molar-refractivity contribution in [1.29, 1.82) is 0 Å². The fourth-order valence-electron chi connectivity index (χ4n) is 3.69. The molecule has 31 heavy (non-hydrogen) atoms. The fraction of sp³-hybridized carbons (Fsp3) is 0.409. The molecule has 2 aromatic heterocycles. The molecule has 0 aliphatic carbocycles. The summed E-state index contributed by atoms with van der Waals surface area (Å²) in [5.74, 6) is 2.32. The van der Waals surface area contributed by atoms with E-state index >= 15 is 0 Å². The van der Waals surface area contributed by atoms with Gasteiger partial charge in [0.15, 0.2) is 5.82 Å². The number of rotatable bonds is 7. The molecule has 3 heterocycles. The number of piperidine rings is 1. The van der Waals surface area contributed by atoms with Crippen molar-refractivity contribution in [3.63, 3.8) is 0 Å². The second-order valence-corrected chi connectivity index (χ2v) is 7.41. The monoisotopic (exact) mass is 427 g/mol. The predicted octanol–water partition coefficient (Wildman–Crippen LogP) is 3.31. The van der Waals surface area contributed by atoms with Crippen LogP contribution in [-0.2, 0) is 11.3 Å². The summed E-state index contributed by atoms with van der Waals surface area (Å²) in [6.07, 6.45) is 3.34. The standard InChI is InChI=1S/C22H26FN5O3/c1-15-18(23)5-4-6-19(15)31-17-9-11-27(12-10-17)22-26-25-20(14-29-2)28(22)16-7-8-21(30-3)24-13-16/h4-8,13,17H,9-12,14H2,1-3H3. The van der Waals surface area contributed by atoms with Crippen molar-refractivity contribution in [2.75, 3.05) is 32.2 Å². The molecule has 1 fully saturated rings. The Kier molecular flexibility index (Phi) is 6.31. The minimum Gasteiger partial charge on any atom is -0.490 e. The maximum Gasteiger partial charge on any atom is 0.232 e. The molecule has 9 heteroatoms. The topological polar surface area (TPSA) is 74.5 Å². The van der Waals surface area contributed by atoms with Gasteiger partial charge < -0.3 is 19.1 Å². The van der Waals surface area contributed by atoms with Crippen LogP contribution in [0.15, 0.2) is 36.5 Å². The highest BCUT2D eigenvalue weighted by atomic mass is 19.1. The highest BCUT2D eigenvalue weighted by Crippen LogP contribution is 2.27. The Balaban J connectivity index is 1.51. The first-order valence-electron chi connectivity index (χ1n) is 10.2. The molecule has 8 nitrogen and oxygen atoms in total. The van der Waals surface area contributed by atoms with Crippen LogP contribution in [0.1, 0.15) is 24.2 Å². The average molecular weight is 427 g/mol. The number of hydrogen-bond acceptors (Lipinski definition) is 7. The van der Waals surface area contributed by atoms with Gasteiger partial charge in [-0.3, -0.25) is 4.57 Å². The van der Waals surface area contributed by atoms with Crippen molar-refractivity contribution in [3.05, 3.63) is 53.7 Å². The number of aromatic nitrogens is 4. The third-order valence-corrected chi connectivity index (χ3v) is 5.41. The van der Waals surface area contributed by atoms with E-state index in [1.165, 1.54) is 6.07 Å². The van der Waals surface area contributed by atoms with Crippen LogP contribution in [-0.4, -0.2) is 53.2 Å². The third kappa shape index (κ3) is 4.46. The molecule has 0 spiro atoms. The first-order chi connectivity index (χ1) is 15.1. The molecule has 0 unspecified atom stereocenters. The van der Waals surface area contributed by atoms with Gasteiger partial charge in [-0.1, -0.05) is 6.07 Å². The van der Waals surface area contributed by atoms with E-state index < -0.39 is 0 Å². The third-order valence-electron chi connectivity index (χ3n) is 5.41. The summed E-state index contributed by atoms with van der Waals surface area (Å²) >= 11 is 0. The van der Waals surface area contributed by atoms with Crippen LogP contribution in [0.5, 0.6) is 11.6 Å². The summed E-state index contributed by atoms with van der Waals surface area (Å²) in [5.41, 5.74) is 1.38. The highest BCUT2D eigenvalue weighted by molar-refractivity contribution is 5.44. The molecule has 3 aromatic rings. The lowest BCUT2D eigenvalue weighted by Crippen LogP contribution is -2.39. The first kappa shape index (κ1) is 21.0. The van der Waals surface area contributed by atoms with Gasteiger partial charge in [-0.2, -0.15) is 0 Å². The van der Waals surface area contributed by atoms with Gasteiger partial charge >= 0.3 is 0 Å². The Bertz CT molecular complexity index is 1020. The van der Waals surface area contributed by atoms with Gasteiger partial charge in [0, 0.05) is 44.7 Å². The van der Waals surface area contributed by atoms with Crippen molar-refractivity contribution < 1.29 is 18.6 Å². The molecular formula is C22H26FN5O3. The van der Waals surface area contributed by atoms with Crippen LogP contribution >= 0.6 is 0 Å². The number of pyridine rings is 1. The van der Waals surface area contributed by atoms with Crippen LogP contribution < -0.4 is 14.4 Å². The first-order valence-corrected chi connectivity index (χ1v) is 10.2. The number of anilines is 1. The van der Waals surface area contributed by atoms with Gasteiger partial charge in [0.25, 0.3) is 0 Å². The van der Waals surface area contributed by atoms with E-state index in [2.05, 4.69) is 20.1 Å². The zero-order valence-electron chi connectivity index (χ0n) is 17.9. The molecule has 0 amide bonds. The number of hydrogen-bond donors (Lipinski definition) is 0. The summed E-state index contributed by atoms with van der Waals surface area (Å²) < 4.78 is 32.3. The molecular weight excluding hydrogens is 401 g/mol. The summed E-state index contributed by atoms with van der Waals surface area (Å²) in [6.45, 7) is 3.56. The van der Waals surface area contributed by atoms with Gasteiger partial charge in [-0.15, -0.1) is 10.2 Å². The smallest absolute Gasteiger partial charge is 0.232 e. The normalized spacial score (nSPS) is 14.6. The summed E-state index contributed by atoms with van der Waals surface area (Å²) in [7, 11) is 3.21. The Hall–Kier alpha value is -3.20. The molecule has 0 saturated carbocycles. The van der Waals surface area contributed by atoms with Crippen LogP contribution in [0.4, 0.5) is 10.3 Å². The Labute approximate surface area is 180 Å². The van der Waals surface area contributed by atoms with Crippen molar-refractivity contribution in [2.45, 2.75) is 32.5 Å². The van der Waals surface area contributed by atoms with Crippen molar-refractivity contribution >= 4 is 5.95 Å². The minimum absolute atomic E-state index is 0.0224. The lowest BCUT2D eigenvalue weighted by Gasteiger charge is -2.33. The van der Waals surface area contributed by atoms with Crippen LogP contribution in [0.3, 0.4) is 0 Å². The van der Waals surface area contributed by atoms with Gasteiger partial charge in [0.1, 0.15) is 24.3 Å². The second kappa shape index (κ2) is 9.30. The molecule has 0 N–H and O–H groups in total. The van der Waals surface area contributed by atoms with Gasteiger partial charge in [-0.25, -0.2) is 9.37 Å². The Morgan fingerprint density at radius 3 is 2.58 bits per heavy atom. The molecule has 0 radical (unpaired) electrons. The van der Waals surface area contributed by atoms with E-state index in [-0.39, 0.29) is 11.9 Å². The second-order valence-electron chi connectivity index (χ2n) is 7.41. The lowest BCUT2D eigenvalue weighted by atomic mass is 10.1. The van der Waals surface area contributed by atoms with E-state index in [0.29, 0.717) is 29.6 Å². The average Bonchev–Trinajstić information content (AvgIpc) is 3.21. The van der Waals surface area contributed by atoms with Gasteiger partial charge in [0.2, 0.25) is 11.8 Å². The van der Waals surface area contributed by atoms with Crippen molar-refractivity contribution in [1.82, 2.24) is 19.7 Å². The van der Waals surface area contributed by atoms with Crippen LogP contribution in [0.25, 0.3) is 5.69 Å². The van der Waals surface area contributed by atoms with E-state index in [1.54, 1.807) is 39.5 Å². The molecule has 1 aliphatic heterocycles. The lowest BCUT2D eigenvalue weighted by molar-refractivity contribution is 0.168. The SMILES string of the molecule is COCc1nnc(N2CCC(Oc3cccc(F)c3C)CC2)n1-c1ccc(OC)nc1. The summed E-state index contributed by atoms with van der Waals surface area (Å²) in [4.78, 5) is 6.48. The van der Waals surface area contributed by atoms with Gasteiger partial charge in [0.05, 0.1) is 19.0 Å². The molecule has 1 saturated heterocycles. The Morgan fingerprint density at radius 1 is 1.10 bits per heavy atom. The number of nitrogens with zero attached hydrogens (tertiary/aromatic N) is 5. The van der Waals surface area contributed by atoms with E-state index in [1.807, 2.05) is 16.7 Å². The maximum absolute atomic E-state index is 13.8. The Morgan fingerprint density at radius 2 is 1.90 bits per heavy atom. The van der Waals surface area contributed by atoms with Crippen LogP contribution in [0, 0.1) is 12.7 Å². The largest absolute Gasteiger partial charge is 0.490 e. The van der Waals surface area contributed by atoms with Crippen molar-refractivity contribution in [3.8, 4) is 17.3 Å². The molecule has 0 bridgehead atoms. The van der Waals surface area contributed by atoms with Crippen LogP contribution in [0.2, 0.25) is 0 Å². The predicted molar refractivity (Wildman–Crippen MR) is 113 cm³/mol. The molecule has 1 aliphatic rings. The number of benzene rings is 1. The summed E-state index contributed by atoms with van der Waals surface area (Å²) in [6, 6.07) is 8.66. The van der Waals surface area contributed by atoms with Gasteiger partial charge in [-0.05, 0) is 25.1 Å². The maximum atomic E-state index is 13.8. The zero-order chi connectivity index (χ0) is 21.8. The number of methoxy groups -OCH3 is 2. The molecule has 164 valence electrons. The molecule has 0 atom stereocenters. The number of halogens is 1. The molecule has 1 aromatic carbocycles. The minimum atomic E-state index is -0.248. The van der Waals surface area contributed by atoms with E-state index in [4.69, 9.17) is 14.2 Å². The van der Waals surface area contributed by atoms with Crippen molar-refractivity contribution in [2.24, 2.45) is 0 Å². The highest BCUT2D eigenvalue weighted by Gasteiger charge is 2.26.